The van der Waals surface area contributed by atoms with Crippen LogP contribution in [0, 0.1) is 13.8 Å². The van der Waals surface area contributed by atoms with E-state index in [1.54, 1.807) is 0 Å². The number of aryl methyl sites for hydroxylation is 2. The van der Waals surface area contributed by atoms with E-state index >= 15 is 0 Å². The van der Waals surface area contributed by atoms with E-state index in [1.165, 1.54) is 11.1 Å². The average molecular weight is 358 g/mol. The Morgan fingerprint density at radius 2 is 1.70 bits per heavy atom. The fourth-order valence-electron chi connectivity index (χ4n) is 2.92. The number of pyridine rings is 1. The SMILES string of the molecule is Cc1ccc(CNC(C)/C=C(/Nc2ccccc2)c2ncccc2C)cc1. The zero-order valence-electron chi connectivity index (χ0n) is 16.2. The van der Waals surface area contributed by atoms with Crippen molar-refractivity contribution < 1.29 is 0 Å². The molecule has 0 bridgehead atoms. The van der Waals surface area contributed by atoms with Crippen LogP contribution in [0.1, 0.15) is 29.3 Å². The number of anilines is 1. The van der Waals surface area contributed by atoms with E-state index in [0.29, 0.717) is 0 Å². The molecule has 1 unspecified atom stereocenters. The van der Waals surface area contributed by atoms with Crippen molar-refractivity contribution >= 4 is 11.4 Å². The molecule has 3 nitrogen and oxygen atoms in total. The number of aromatic nitrogens is 1. The van der Waals surface area contributed by atoms with Crippen LogP contribution in [0.5, 0.6) is 0 Å². The third-order valence-corrected chi connectivity index (χ3v) is 4.48. The predicted octanol–water partition coefficient (Wildman–Crippen LogP) is 5.33. The Kier molecular flexibility index (Phi) is 6.39. The minimum atomic E-state index is 0.193. The van der Waals surface area contributed by atoms with Crippen molar-refractivity contribution in [2.45, 2.75) is 33.4 Å². The number of hydrogen-bond donors (Lipinski definition) is 2. The van der Waals surface area contributed by atoms with Crippen LogP contribution >= 0.6 is 0 Å². The van der Waals surface area contributed by atoms with Gasteiger partial charge in [-0.1, -0.05) is 54.1 Å². The highest BCUT2D eigenvalue weighted by molar-refractivity contribution is 5.76. The molecule has 2 aromatic carbocycles. The lowest BCUT2D eigenvalue weighted by Gasteiger charge is -2.16. The van der Waals surface area contributed by atoms with Gasteiger partial charge in [0.1, 0.15) is 0 Å². The van der Waals surface area contributed by atoms with Crippen molar-refractivity contribution in [2.75, 3.05) is 5.32 Å². The van der Waals surface area contributed by atoms with E-state index < -0.39 is 0 Å². The van der Waals surface area contributed by atoms with E-state index in [-0.39, 0.29) is 6.04 Å². The molecule has 0 aliphatic rings. The second kappa shape index (κ2) is 9.15. The standard InChI is InChI=1S/C24H27N3/c1-18-11-13-21(14-12-18)17-26-20(3)16-23(24-19(2)8-7-15-25-24)27-22-9-5-4-6-10-22/h4-16,20,26-27H,17H2,1-3H3/b23-16+. The molecule has 0 amide bonds. The van der Waals surface area contributed by atoms with Crippen molar-refractivity contribution in [3.63, 3.8) is 0 Å². The largest absolute Gasteiger partial charge is 0.354 e. The van der Waals surface area contributed by atoms with E-state index in [4.69, 9.17) is 0 Å². The Morgan fingerprint density at radius 3 is 2.41 bits per heavy atom. The summed E-state index contributed by atoms with van der Waals surface area (Å²) in [5, 5.41) is 7.11. The van der Waals surface area contributed by atoms with Crippen molar-refractivity contribution in [3.05, 3.63) is 101 Å². The smallest absolute Gasteiger partial charge is 0.0890 e. The summed E-state index contributed by atoms with van der Waals surface area (Å²) >= 11 is 0. The maximum atomic E-state index is 4.60. The van der Waals surface area contributed by atoms with E-state index in [0.717, 1.165) is 29.2 Å². The van der Waals surface area contributed by atoms with Gasteiger partial charge in [-0.05, 0) is 56.2 Å². The van der Waals surface area contributed by atoms with Gasteiger partial charge in [-0.25, -0.2) is 0 Å². The number of hydrogen-bond acceptors (Lipinski definition) is 3. The van der Waals surface area contributed by atoms with E-state index in [2.05, 4.69) is 84.9 Å². The van der Waals surface area contributed by atoms with Crippen LogP contribution in [0.15, 0.2) is 79.0 Å². The second-order valence-electron chi connectivity index (χ2n) is 6.90. The molecular weight excluding hydrogens is 330 g/mol. The van der Waals surface area contributed by atoms with Gasteiger partial charge >= 0.3 is 0 Å². The normalized spacial score (nSPS) is 12.6. The molecule has 1 heterocycles. The highest BCUT2D eigenvalue weighted by atomic mass is 14.9. The zero-order valence-corrected chi connectivity index (χ0v) is 16.2. The molecule has 138 valence electrons. The predicted molar refractivity (Wildman–Crippen MR) is 114 cm³/mol. The van der Waals surface area contributed by atoms with Gasteiger partial charge < -0.3 is 10.6 Å². The quantitative estimate of drug-likeness (QED) is 0.600. The van der Waals surface area contributed by atoms with Gasteiger partial charge in [-0.2, -0.15) is 0 Å². The summed E-state index contributed by atoms with van der Waals surface area (Å²) in [7, 11) is 0. The molecule has 0 aliphatic heterocycles. The van der Waals surface area contributed by atoms with Crippen LogP contribution in [0.3, 0.4) is 0 Å². The number of nitrogens with zero attached hydrogens (tertiary/aromatic N) is 1. The average Bonchev–Trinajstić information content (AvgIpc) is 2.68. The highest BCUT2D eigenvalue weighted by Gasteiger charge is 2.09. The molecule has 1 atom stereocenters. The summed E-state index contributed by atoms with van der Waals surface area (Å²) in [6.45, 7) is 7.20. The molecule has 1 aromatic heterocycles. The minimum Gasteiger partial charge on any atom is -0.354 e. The molecule has 0 saturated carbocycles. The summed E-state index contributed by atoms with van der Waals surface area (Å²) in [5.41, 5.74) is 6.77. The topological polar surface area (TPSA) is 37.0 Å². The van der Waals surface area contributed by atoms with Crippen LogP contribution in [0.4, 0.5) is 5.69 Å². The summed E-state index contributed by atoms with van der Waals surface area (Å²) < 4.78 is 0. The fourth-order valence-corrected chi connectivity index (χ4v) is 2.92. The summed E-state index contributed by atoms with van der Waals surface area (Å²) in [6, 6.07) is 23.1. The van der Waals surface area contributed by atoms with E-state index in [1.807, 2.05) is 30.5 Å². The number of benzene rings is 2. The maximum Gasteiger partial charge on any atom is 0.0890 e. The van der Waals surface area contributed by atoms with Gasteiger partial charge in [0.2, 0.25) is 0 Å². The Bertz CT molecular complexity index is 883. The second-order valence-corrected chi connectivity index (χ2v) is 6.90. The zero-order chi connectivity index (χ0) is 19.1. The Balaban J connectivity index is 1.78. The van der Waals surface area contributed by atoms with Gasteiger partial charge in [0, 0.05) is 24.5 Å². The van der Waals surface area contributed by atoms with E-state index in [9.17, 15) is 0 Å². The van der Waals surface area contributed by atoms with Crippen molar-refractivity contribution in [1.29, 1.82) is 0 Å². The van der Waals surface area contributed by atoms with Gasteiger partial charge in [0.05, 0.1) is 11.4 Å². The van der Waals surface area contributed by atoms with Crippen LogP contribution < -0.4 is 10.6 Å². The lowest BCUT2D eigenvalue weighted by Crippen LogP contribution is -2.24. The summed E-state index contributed by atoms with van der Waals surface area (Å²) in [4.78, 5) is 4.60. The first-order chi connectivity index (χ1) is 13.1. The summed E-state index contributed by atoms with van der Waals surface area (Å²) in [5.74, 6) is 0. The minimum absolute atomic E-state index is 0.193. The molecule has 0 fully saturated rings. The number of rotatable bonds is 7. The monoisotopic (exact) mass is 357 g/mol. The van der Waals surface area contributed by atoms with Crippen LogP contribution in [0.25, 0.3) is 5.70 Å². The number of para-hydroxylation sites is 1. The fraction of sp³-hybridized carbons (Fsp3) is 0.208. The van der Waals surface area contributed by atoms with Gasteiger partial charge in [0.15, 0.2) is 0 Å². The molecule has 0 spiro atoms. The molecule has 3 aromatic rings. The van der Waals surface area contributed by atoms with Crippen LogP contribution in [-0.2, 0) is 6.54 Å². The van der Waals surface area contributed by atoms with Gasteiger partial charge in [-0.3, -0.25) is 4.98 Å². The molecular formula is C24H27N3. The van der Waals surface area contributed by atoms with Crippen molar-refractivity contribution in [3.8, 4) is 0 Å². The van der Waals surface area contributed by atoms with Gasteiger partial charge in [0.25, 0.3) is 0 Å². The molecule has 3 heteroatoms. The third-order valence-electron chi connectivity index (χ3n) is 4.48. The first-order valence-corrected chi connectivity index (χ1v) is 9.36. The van der Waals surface area contributed by atoms with Crippen LogP contribution in [0.2, 0.25) is 0 Å². The highest BCUT2D eigenvalue weighted by Crippen LogP contribution is 2.20. The van der Waals surface area contributed by atoms with Crippen molar-refractivity contribution in [2.24, 2.45) is 0 Å². The Morgan fingerprint density at radius 1 is 0.963 bits per heavy atom. The van der Waals surface area contributed by atoms with Crippen molar-refractivity contribution in [1.82, 2.24) is 10.3 Å². The first kappa shape index (κ1) is 18.9. The van der Waals surface area contributed by atoms with Gasteiger partial charge in [-0.15, -0.1) is 0 Å². The molecule has 3 rings (SSSR count). The molecule has 0 radical (unpaired) electrons. The third kappa shape index (κ3) is 5.53. The molecule has 27 heavy (non-hydrogen) atoms. The molecule has 2 N–H and O–H groups in total. The molecule has 0 saturated heterocycles. The lowest BCUT2D eigenvalue weighted by atomic mass is 10.1. The Hall–Kier alpha value is -2.91. The summed E-state index contributed by atoms with van der Waals surface area (Å²) in [6.07, 6.45) is 4.05. The maximum absolute atomic E-state index is 4.60. The number of nitrogens with one attached hydrogen (secondary N) is 2. The molecule has 0 aliphatic carbocycles. The van der Waals surface area contributed by atoms with Crippen LogP contribution in [-0.4, -0.2) is 11.0 Å². The lowest BCUT2D eigenvalue weighted by molar-refractivity contribution is 0.634. The Labute approximate surface area is 162 Å². The first-order valence-electron chi connectivity index (χ1n) is 9.36.